The van der Waals surface area contributed by atoms with Crippen LogP contribution in [-0.2, 0) is 11.3 Å². The molecule has 0 heterocycles. The summed E-state index contributed by atoms with van der Waals surface area (Å²) < 4.78 is 12.8. The van der Waals surface area contributed by atoms with Crippen LogP contribution in [0.5, 0.6) is 0 Å². The summed E-state index contributed by atoms with van der Waals surface area (Å²) in [5.74, 6) is -0.175. The van der Waals surface area contributed by atoms with E-state index in [2.05, 4.69) is 16.2 Å². The van der Waals surface area contributed by atoms with Crippen LogP contribution in [0.2, 0.25) is 0 Å². The zero-order chi connectivity index (χ0) is 15.1. The first kappa shape index (κ1) is 15.7. The molecule has 1 aliphatic carbocycles. The van der Waals surface area contributed by atoms with Gasteiger partial charge in [-0.1, -0.05) is 31.4 Å². The molecule has 0 aliphatic heterocycles. The molecular formula is C15H20FN3OS. The van der Waals surface area contributed by atoms with Gasteiger partial charge in [-0.25, -0.2) is 4.39 Å². The SMILES string of the molecule is O=C(NNC(=S)NCc1ccc(F)cc1)C1CCCCC1. The summed E-state index contributed by atoms with van der Waals surface area (Å²) >= 11 is 5.09. The van der Waals surface area contributed by atoms with Crippen LogP contribution in [0.3, 0.4) is 0 Å². The summed E-state index contributed by atoms with van der Waals surface area (Å²) in [6.07, 6.45) is 5.35. The van der Waals surface area contributed by atoms with Gasteiger partial charge in [0.2, 0.25) is 5.91 Å². The predicted octanol–water partition coefficient (Wildman–Crippen LogP) is 2.40. The molecule has 0 aromatic heterocycles. The second kappa shape index (κ2) is 7.93. The molecule has 6 heteroatoms. The van der Waals surface area contributed by atoms with E-state index in [1.165, 1.54) is 18.6 Å². The van der Waals surface area contributed by atoms with Gasteiger partial charge in [-0.3, -0.25) is 15.6 Å². The van der Waals surface area contributed by atoms with E-state index in [4.69, 9.17) is 12.2 Å². The van der Waals surface area contributed by atoms with Crippen molar-refractivity contribution >= 4 is 23.2 Å². The molecule has 21 heavy (non-hydrogen) atoms. The van der Waals surface area contributed by atoms with Crippen molar-refractivity contribution in [1.82, 2.24) is 16.2 Å². The van der Waals surface area contributed by atoms with E-state index in [0.29, 0.717) is 11.7 Å². The van der Waals surface area contributed by atoms with E-state index in [1.54, 1.807) is 12.1 Å². The summed E-state index contributed by atoms with van der Waals surface area (Å²) in [5.41, 5.74) is 6.27. The van der Waals surface area contributed by atoms with E-state index in [1.807, 2.05) is 0 Å². The number of rotatable bonds is 3. The quantitative estimate of drug-likeness (QED) is 0.593. The minimum Gasteiger partial charge on any atom is -0.357 e. The average Bonchev–Trinajstić information content (AvgIpc) is 2.53. The van der Waals surface area contributed by atoms with Gasteiger partial charge in [0, 0.05) is 12.5 Å². The number of hydrazine groups is 1. The maximum atomic E-state index is 12.8. The molecule has 0 spiro atoms. The Bertz CT molecular complexity index is 486. The number of carbonyl (C=O) groups is 1. The van der Waals surface area contributed by atoms with Gasteiger partial charge in [-0.15, -0.1) is 0 Å². The zero-order valence-corrected chi connectivity index (χ0v) is 12.6. The molecule has 1 aliphatic rings. The maximum absolute atomic E-state index is 12.8. The molecule has 1 amide bonds. The highest BCUT2D eigenvalue weighted by molar-refractivity contribution is 7.80. The lowest BCUT2D eigenvalue weighted by Gasteiger charge is -2.21. The third-order valence-corrected chi connectivity index (χ3v) is 3.89. The van der Waals surface area contributed by atoms with Crippen molar-refractivity contribution < 1.29 is 9.18 Å². The summed E-state index contributed by atoms with van der Waals surface area (Å²) in [7, 11) is 0. The number of carbonyl (C=O) groups excluding carboxylic acids is 1. The van der Waals surface area contributed by atoms with Crippen LogP contribution in [0, 0.1) is 11.7 Å². The van der Waals surface area contributed by atoms with Crippen molar-refractivity contribution in [3.8, 4) is 0 Å². The zero-order valence-electron chi connectivity index (χ0n) is 11.8. The summed E-state index contributed by atoms with van der Waals surface area (Å²) in [6.45, 7) is 0.478. The van der Waals surface area contributed by atoms with Gasteiger partial charge in [0.05, 0.1) is 0 Å². The van der Waals surface area contributed by atoms with E-state index in [-0.39, 0.29) is 17.6 Å². The van der Waals surface area contributed by atoms with E-state index < -0.39 is 0 Å². The normalized spacial score (nSPS) is 15.3. The fourth-order valence-electron chi connectivity index (χ4n) is 2.41. The Labute approximate surface area is 129 Å². The van der Waals surface area contributed by atoms with Gasteiger partial charge in [0.15, 0.2) is 5.11 Å². The second-order valence-corrected chi connectivity index (χ2v) is 5.67. The molecule has 0 atom stereocenters. The van der Waals surface area contributed by atoms with Crippen molar-refractivity contribution in [3.05, 3.63) is 35.6 Å². The highest BCUT2D eigenvalue weighted by Gasteiger charge is 2.20. The van der Waals surface area contributed by atoms with Crippen LogP contribution in [0.25, 0.3) is 0 Å². The van der Waals surface area contributed by atoms with Gasteiger partial charge in [0.1, 0.15) is 5.82 Å². The summed E-state index contributed by atoms with van der Waals surface area (Å²) in [4.78, 5) is 11.9. The van der Waals surface area contributed by atoms with Crippen LogP contribution in [0.4, 0.5) is 4.39 Å². The molecule has 4 nitrogen and oxygen atoms in total. The first-order chi connectivity index (χ1) is 10.1. The van der Waals surface area contributed by atoms with Gasteiger partial charge < -0.3 is 5.32 Å². The lowest BCUT2D eigenvalue weighted by Crippen LogP contribution is -2.48. The molecule has 3 N–H and O–H groups in total. The number of nitrogens with one attached hydrogen (secondary N) is 3. The smallest absolute Gasteiger partial charge is 0.241 e. The fraction of sp³-hybridized carbons (Fsp3) is 0.467. The monoisotopic (exact) mass is 309 g/mol. The molecule has 1 fully saturated rings. The molecule has 1 saturated carbocycles. The Morgan fingerprint density at radius 1 is 1.14 bits per heavy atom. The maximum Gasteiger partial charge on any atom is 0.241 e. The number of halogens is 1. The molecule has 0 radical (unpaired) electrons. The number of hydrogen-bond donors (Lipinski definition) is 3. The van der Waals surface area contributed by atoms with Crippen molar-refractivity contribution in [2.75, 3.05) is 0 Å². The first-order valence-corrected chi connectivity index (χ1v) is 7.64. The summed E-state index contributed by atoms with van der Waals surface area (Å²) in [5, 5.41) is 3.31. The first-order valence-electron chi connectivity index (χ1n) is 7.23. The molecule has 114 valence electrons. The van der Waals surface area contributed by atoms with Gasteiger partial charge in [-0.2, -0.15) is 0 Å². The fourth-order valence-corrected chi connectivity index (χ4v) is 2.54. The minimum atomic E-state index is -0.265. The van der Waals surface area contributed by atoms with Crippen LogP contribution in [-0.4, -0.2) is 11.0 Å². The van der Waals surface area contributed by atoms with Crippen LogP contribution < -0.4 is 16.2 Å². The topological polar surface area (TPSA) is 53.2 Å². The average molecular weight is 309 g/mol. The van der Waals surface area contributed by atoms with E-state index in [9.17, 15) is 9.18 Å². The van der Waals surface area contributed by atoms with Gasteiger partial charge in [-0.05, 0) is 42.8 Å². The molecule has 2 rings (SSSR count). The Morgan fingerprint density at radius 2 is 1.81 bits per heavy atom. The Hall–Kier alpha value is -1.69. The molecule has 0 saturated heterocycles. The minimum absolute atomic E-state index is 0.000585. The highest BCUT2D eigenvalue weighted by Crippen LogP contribution is 2.23. The van der Waals surface area contributed by atoms with Crippen molar-refractivity contribution in [2.24, 2.45) is 5.92 Å². The Balaban J connectivity index is 1.67. The third kappa shape index (κ3) is 5.30. The van der Waals surface area contributed by atoms with Crippen molar-refractivity contribution in [2.45, 2.75) is 38.6 Å². The lowest BCUT2D eigenvalue weighted by molar-refractivity contribution is -0.126. The Morgan fingerprint density at radius 3 is 2.48 bits per heavy atom. The predicted molar refractivity (Wildman–Crippen MR) is 83.7 cm³/mol. The Kier molecular flexibility index (Phi) is 5.92. The molecule has 1 aromatic rings. The van der Waals surface area contributed by atoms with Crippen molar-refractivity contribution in [1.29, 1.82) is 0 Å². The number of amides is 1. The molecule has 1 aromatic carbocycles. The van der Waals surface area contributed by atoms with Gasteiger partial charge >= 0.3 is 0 Å². The summed E-state index contributed by atoms with van der Waals surface area (Å²) in [6, 6.07) is 6.17. The highest BCUT2D eigenvalue weighted by atomic mass is 32.1. The molecule has 0 bridgehead atoms. The largest absolute Gasteiger partial charge is 0.357 e. The second-order valence-electron chi connectivity index (χ2n) is 5.26. The van der Waals surface area contributed by atoms with Crippen molar-refractivity contribution in [3.63, 3.8) is 0 Å². The molecular weight excluding hydrogens is 289 g/mol. The van der Waals surface area contributed by atoms with E-state index >= 15 is 0 Å². The number of hydrogen-bond acceptors (Lipinski definition) is 2. The lowest BCUT2D eigenvalue weighted by atomic mass is 9.89. The standard InChI is InChI=1S/C15H20FN3OS/c16-13-8-6-11(7-9-13)10-17-15(21)19-18-14(20)12-4-2-1-3-5-12/h6-9,12H,1-5,10H2,(H,18,20)(H2,17,19,21). The number of benzene rings is 1. The van der Waals surface area contributed by atoms with Gasteiger partial charge in [0.25, 0.3) is 0 Å². The van der Waals surface area contributed by atoms with Crippen LogP contribution >= 0.6 is 12.2 Å². The van der Waals surface area contributed by atoms with Crippen LogP contribution in [0.15, 0.2) is 24.3 Å². The number of thiocarbonyl (C=S) groups is 1. The molecule has 0 unspecified atom stereocenters. The third-order valence-electron chi connectivity index (χ3n) is 3.64. The van der Waals surface area contributed by atoms with Crippen LogP contribution in [0.1, 0.15) is 37.7 Å². The van der Waals surface area contributed by atoms with E-state index in [0.717, 1.165) is 31.2 Å².